The van der Waals surface area contributed by atoms with Crippen LogP contribution in [0.5, 0.6) is 0 Å². The minimum atomic E-state index is -0.104. The lowest BCUT2D eigenvalue weighted by molar-refractivity contribution is 0.676. The van der Waals surface area contributed by atoms with Gasteiger partial charge in [-0.2, -0.15) is 5.10 Å². The van der Waals surface area contributed by atoms with Gasteiger partial charge in [0.15, 0.2) is 0 Å². The molecule has 1 unspecified atom stereocenters. The lowest BCUT2D eigenvalue weighted by Crippen LogP contribution is -2.15. The molecule has 86 valence electrons. The summed E-state index contributed by atoms with van der Waals surface area (Å²) in [7, 11) is 1.91. The highest BCUT2D eigenvalue weighted by Gasteiger charge is 2.18. The summed E-state index contributed by atoms with van der Waals surface area (Å²) in [6.45, 7) is 2.15. The Morgan fingerprint density at radius 2 is 2.31 bits per heavy atom. The predicted octanol–water partition coefficient (Wildman–Crippen LogP) is 2.85. The van der Waals surface area contributed by atoms with Gasteiger partial charge in [0.1, 0.15) is 0 Å². The van der Waals surface area contributed by atoms with Crippen LogP contribution in [0.2, 0.25) is 0 Å². The van der Waals surface area contributed by atoms with Crippen LogP contribution < -0.4 is 5.73 Å². The zero-order chi connectivity index (χ0) is 11.7. The van der Waals surface area contributed by atoms with E-state index in [2.05, 4.69) is 40.1 Å². The van der Waals surface area contributed by atoms with Gasteiger partial charge in [0, 0.05) is 16.8 Å². The van der Waals surface area contributed by atoms with Crippen molar-refractivity contribution in [3.8, 4) is 0 Å². The summed E-state index contributed by atoms with van der Waals surface area (Å²) in [5.41, 5.74) is 7.27. The van der Waals surface area contributed by atoms with Gasteiger partial charge in [-0.15, -0.1) is 11.3 Å². The van der Waals surface area contributed by atoms with Crippen molar-refractivity contribution >= 4 is 27.3 Å². The van der Waals surface area contributed by atoms with Crippen molar-refractivity contribution in [1.82, 2.24) is 9.78 Å². The zero-order valence-electron chi connectivity index (χ0n) is 9.27. The number of rotatable bonds is 3. The second-order valence-corrected chi connectivity index (χ2v) is 5.69. The summed E-state index contributed by atoms with van der Waals surface area (Å²) in [6, 6.07) is 4.14. The van der Waals surface area contributed by atoms with E-state index in [1.54, 1.807) is 17.5 Å². The summed E-state index contributed by atoms with van der Waals surface area (Å²) in [5, 5.41) is 4.18. The van der Waals surface area contributed by atoms with Crippen LogP contribution in [0.15, 0.2) is 22.8 Å². The molecule has 0 aliphatic carbocycles. The molecule has 2 N–H and O–H groups in total. The van der Waals surface area contributed by atoms with Crippen molar-refractivity contribution in [3.05, 3.63) is 38.3 Å². The van der Waals surface area contributed by atoms with E-state index in [1.165, 1.54) is 9.75 Å². The van der Waals surface area contributed by atoms with Crippen molar-refractivity contribution in [2.45, 2.75) is 19.4 Å². The van der Waals surface area contributed by atoms with Crippen molar-refractivity contribution in [1.29, 1.82) is 0 Å². The molecule has 16 heavy (non-hydrogen) atoms. The van der Waals surface area contributed by atoms with E-state index < -0.39 is 0 Å². The van der Waals surface area contributed by atoms with Gasteiger partial charge in [-0.05, 0) is 34.5 Å². The third-order valence-electron chi connectivity index (χ3n) is 2.57. The largest absolute Gasteiger partial charge is 0.318 e. The van der Waals surface area contributed by atoms with Crippen molar-refractivity contribution in [2.24, 2.45) is 12.8 Å². The zero-order valence-corrected chi connectivity index (χ0v) is 11.7. The molecule has 3 nitrogen and oxygen atoms in total. The Labute approximate surface area is 107 Å². The van der Waals surface area contributed by atoms with E-state index in [1.807, 2.05) is 11.7 Å². The van der Waals surface area contributed by atoms with Crippen LogP contribution in [0.1, 0.15) is 28.4 Å². The Balaban J connectivity index is 2.34. The first-order valence-corrected chi connectivity index (χ1v) is 6.76. The molecule has 2 aromatic heterocycles. The number of halogens is 1. The van der Waals surface area contributed by atoms with Crippen LogP contribution in [0.25, 0.3) is 0 Å². The van der Waals surface area contributed by atoms with Crippen LogP contribution in [0.4, 0.5) is 0 Å². The van der Waals surface area contributed by atoms with Gasteiger partial charge in [0.05, 0.1) is 22.4 Å². The summed E-state index contributed by atoms with van der Waals surface area (Å²) in [4.78, 5) is 2.55. The first kappa shape index (κ1) is 11.8. The molecule has 5 heteroatoms. The van der Waals surface area contributed by atoms with Crippen molar-refractivity contribution in [2.75, 3.05) is 0 Å². The summed E-state index contributed by atoms with van der Waals surface area (Å²) in [6.07, 6.45) is 2.84. The van der Waals surface area contributed by atoms with Crippen LogP contribution >= 0.6 is 27.3 Å². The number of hydrogen-bond donors (Lipinski definition) is 1. The lowest BCUT2D eigenvalue weighted by atomic mass is 10.2. The SMILES string of the molecule is CCc1ccc(C(N)c2c(Br)cnn2C)s1. The fraction of sp³-hybridized carbons (Fsp3) is 0.364. The Morgan fingerprint density at radius 3 is 2.81 bits per heavy atom. The highest BCUT2D eigenvalue weighted by atomic mass is 79.9. The fourth-order valence-electron chi connectivity index (χ4n) is 1.66. The first-order valence-electron chi connectivity index (χ1n) is 5.15. The molecule has 0 amide bonds. The third-order valence-corrected chi connectivity index (χ3v) is 4.49. The smallest absolute Gasteiger partial charge is 0.0828 e. The van der Waals surface area contributed by atoms with E-state index in [0.29, 0.717) is 0 Å². The molecule has 0 fully saturated rings. The molecular weight excluding hydrogens is 286 g/mol. The van der Waals surface area contributed by atoms with Gasteiger partial charge in [0.2, 0.25) is 0 Å². The molecule has 0 saturated carbocycles. The topological polar surface area (TPSA) is 43.8 Å². The number of aryl methyl sites for hydroxylation is 2. The minimum absolute atomic E-state index is 0.104. The van der Waals surface area contributed by atoms with E-state index in [-0.39, 0.29) is 6.04 Å². The standard InChI is InChI=1S/C11H14BrN3S/c1-3-7-4-5-9(16-7)10(13)11-8(12)6-14-15(11)2/h4-6,10H,3,13H2,1-2H3. The highest BCUT2D eigenvalue weighted by Crippen LogP contribution is 2.30. The van der Waals surface area contributed by atoms with E-state index in [0.717, 1.165) is 16.6 Å². The van der Waals surface area contributed by atoms with Crippen LogP contribution in [0.3, 0.4) is 0 Å². The number of thiophene rings is 1. The Morgan fingerprint density at radius 1 is 1.56 bits per heavy atom. The number of aromatic nitrogens is 2. The molecule has 1 atom stereocenters. The van der Waals surface area contributed by atoms with Gasteiger partial charge in [-0.3, -0.25) is 4.68 Å². The van der Waals surface area contributed by atoms with Crippen molar-refractivity contribution < 1.29 is 0 Å². The van der Waals surface area contributed by atoms with E-state index >= 15 is 0 Å². The Kier molecular flexibility index (Phi) is 3.47. The maximum absolute atomic E-state index is 6.25. The minimum Gasteiger partial charge on any atom is -0.318 e. The van der Waals surface area contributed by atoms with Gasteiger partial charge < -0.3 is 5.73 Å². The number of hydrogen-bond acceptors (Lipinski definition) is 3. The van der Waals surface area contributed by atoms with Crippen LogP contribution in [-0.4, -0.2) is 9.78 Å². The molecule has 0 radical (unpaired) electrons. The monoisotopic (exact) mass is 299 g/mol. The Hall–Kier alpha value is -0.650. The van der Waals surface area contributed by atoms with Gasteiger partial charge in [-0.1, -0.05) is 6.92 Å². The molecule has 0 spiro atoms. The number of nitrogens with zero attached hydrogens (tertiary/aromatic N) is 2. The van der Waals surface area contributed by atoms with Crippen molar-refractivity contribution in [3.63, 3.8) is 0 Å². The summed E-state index contributed by atoms with van der Waals surface area (Å²) in [5.74, 6) is 0. The number of nitrogens with two attached hydrogens (primary N) is 1. The molecule has 2 rings (SSSR count). The van der Waals surface area contributed by atoms with E-state index in [4.69, 9.17) is 5.73 Å². The molecule has 2 heterocycles. The molecule has 0 saturated heterocycles. The highest BCUT2D eigenvalue weighted by molar-refractivity contribution is 9.10. The molecule has 0 aromatic carbocycles. The summed E-state index contributed by atoms with van der Waals surface area (Å²) >= 11 is 5.25. The van der Waals surface area contributed by atoms with Gasteiger partial charge >= 0.3 is 0 Å². The molecule has 2 aromatic rings. The average Bonchev–Trinajstić information content (AvgIpc) is 2.85. The van der Waals surface area contributed by atoms with Gasteiger partial charge in [-0.25, -0.2) is 0 Å². The Bertz CT molecular complexity index is 470. The molecule has 0 aliphatic heterocycles. The lowest BCUT2D eigenvalue weighted by Gasteiger charge is -2.10. The third kappa shape index (κ3) is 2.07. The second kappa shape index (κ2) is 4.69. The summed E-state index contributed by atoms with van der Waals surface area (Å²) < 4.78 is 2.79. The maximum atomic E-state index is 6.25. The normalized spacial score (nSPS) is 13.0. The van der Waals surface area contributed by atoms with Crippen LogP contribution in [-0.2, 0) is 13.5 Å². The maximum Gasteiger partial charge on any atom is 0.0828 e. The van der Waals surface area contributed by atoms with Gasteiger partial charge in [0.25, 0.3) is 0 Å². The fourth-order valence-corrected chi connectivity index (χ4v) is 3.21. The van der Waals surface area contributed by atoms with Crippen LogP contribution in [0, 0.1) is 0 Å². The quantitative estimate of drug-likeness (QED) is 0.947. The average molecular weight is 300 g/mol. The first-order chi connectivity index (χ1) is 7.63. The van der Waals surface area contributed by atoms with E-state index in [9.17, 15) is 0 Å². The molecule has 0 aliphatic rings. The molecular formula is C11H14BrN3S. The molecule has 0 bridgehead atoms. The second-order valence-electron chi connectivity index (χ2n) is 3.64. The predicted molar refractivity (Wildman–Crippen MR) is 70.6 cm³/mol.